The zero-order chi connectivity index (χ0) is 19.1. The van der Waals surface area contributed by atoms with Gasteiger partial charge in [-0.3, -0.25) is 9.69 Å². The van der Waals surface area contributed by atoms with Crippen molar-refractivity contribution in [1.29, 1.82) is 0 Å². The van der Waals surface area contributed by atoms with Crippen molar-refractivity contribution in [1.82, 2.24) is 9.80 Å². The second-order valence-electron chi connectivity index (χ2n) is 7.98. The monoisotopic (exact) mass is 364 g/mol. The minimum absolute atomic E-state index is 0.124. The summed E-state index contributed by atoms with van der Waals surface area (Å²) in [6, 6.07) is 20.8. The van der Waals surface area contributed by atoms with Gasteiger partial charge in [0, 0.05) is 38.5 Å². The molecule has 144 valence electrons. The Hall–Kier alpha value is -2.13. The van der Waals surface area contributed by atoms with E-state index in [1.807, 2.05) is 12.1 Å². The van der Waals surface area contributed by atoms with Gasteiger partial charge in [0.05, 0.1) is 0 Å². The summed E-state index contributed by atoms with van der Waals surface area (Å²) in [5, 5.41) is 0. The minimum Gasteiger partial charge on any atom is -0.340 e. The largest absolute Gasteiger partial charge is 0.340 e. The molecule has 0 radical (unpaired) electrons. The quantitative estimate of drug-likeness (QED) is 0.727. The second kappa shape index (κ2) is 9.70. The maximum absolute atomic E-state index is 13.0. The van der Waals surface area contributed by atoms with Crippen LogP contribution in [0.3, 0.4) is 0 Å². The average Bonchev–Trinajstić information content (AvgIpc) is 2.72. The molecule has 1 aliphatic heterocycles. The number of benzene rings is 2. The van der Waals surface area contributed by atoms with Gasteiger partial charge < -0.3 is 4.90 Å². The molecule has 1 heterocycles. The van der Waals surface area contributed by atoms with Gasteiger partial charge in [-0.1, -0.05) is 74.5 Å². The summed E-state index contributed by atoms with van der Waals surface area (Å²) in [5.41, 5.74) is 2.43. The fraction of sp³-hybridized carbons (Fsp3) is 0.458. The van der Waals surface area contributed by atoms with E-state index in [-0.39, 0.29) is 11.8 Å². The molecule has 1 amide bonds. The van der Waals surface area contributed by atoms with Crippen LogP contribution in [-0.4, -0.2) is 48.4 Å². The smallest absolute Gasteiger partial charge is 0.223 e. The highest BCUT2D eigenvalue weighted by Gasteiger charge is 2.25. The molecule has 3 heteroatoms. The van der Waals surface area contributed by atoms with Crippen LogP contribution >= 0.6 is 0 Å². The number of rotatable bonds is 7. The summed E-state index contributed by atoms with van der Waals surface area (Å²) in [7, 11) is 0. The van der Waals surface area contributed by atoms with Gasteiger partial charge >= 0.3 is 0 Å². The van der Waals surface area contributed by atoms with Crippen LogP contribution in [0.1, 0.15) is 43.7 Å². The first-order valence-corrected chi connectivity index (χ1v) is 10.2. The Morgan fingerprint density at radius 3 is 1.85 bits per heavy atom. The van der Waals surface area contributed by atoms with E-state index in [4.69, 9.17) is 0 Å². The number of nitrogens with zero attached hydrogens (tertiary/aromatic N) is 2. The van der Waals surface area contributed by atoms with Crippen LogP contribution in [0.15, 0.2) is 60.7 Å². The van der Waals surface area contributed by atoms with E-state index in [9.17, 15) is 4.79 Å². The molecule has 2 aromatic rings. The molecular weight excluding hydrogens is 332 g/mol. The van der Waals surface area contributed by atoms with Crippen molar-refractivity contribution in [3.63, 3.8) is 0 Å². The zero-order valence-electron chi connectivity index (χ0n) is 16.7. The number of hydrogen-bond acceptors (Lipinski definition) is 2. The Morgan fingerprint density at radius 2 is 1.37 bits per heavy atom. The van der Waals surface area contributed by atoms with Gasteiger partial charge in [0.1, 0.15) is 0 Å². The van der Waals surface area contributed by atoms with Crippen molar-refractivity contribution in [2.75, 3.05) is 32.7 Å². The maximum atomic E-state index is 13.0. The lowest BCUT2D eigenvalue weighted by molar-refractivity contribution is -0.133. The Balaban J connectivity index is 1.62. The zero-order valence-corrected chi connectivity index (χ0v) is 16.7. The Morgan fingerprint density at radius 1 is 0.852 bits per heavy atom. The van der Waals surface area contributed by atoms with E-state index in [0.717, 1.165) is 38.6 Å². The Bertz CT molecular complexity index is 651. The van der Waals surface area contributed by atoms with Crippen LogP contribution in [-0.2, 0) is 4.79 Å². The maximum Gasteiger partial charge on any atom is 0.223 e. The lowest BCUT2D eigenvalue weighted by Gasteiger charge is -2.35. The molecule has 3 rings (SSSR count). The summed E-state index contributed by atoms with van der Waals surface area (Å²) in [4.78, 5) is 17.6. The normalized spacial score (nSPS) is 15.5. The number of piperazine rings is 1. The van der Waals surface area contributed by atoms with Crippen LogP contribution in [0, 0.1) is 5.92 Å². The molecule has 0 aliphatic carbocycles. The molecule has 27 heavy (non-hydrogen) atoms. The topological polar surface area (TPSA) is 23.6 Å². The van der Waals surface area contributed by atoms with E-state index in [0.29, 0.717) is 6.42 Å². The van der Waals surface area contributed by atoms with Crippen molar-refractivity contribution in [2.45, 2.75) is 32.6 Å². The predicted molar refractivity (Wildman–Crippen MR) is 112 cm³/mol. The Labute approximate surface area is 164 Å². The van der Waals surface area contributed by atoms with Crippen molar-refractivity contribution in [3.8, 4) is 0 Å². The molecule has 0 atom stereocenters. The minimum atomic E-state index is 0.124. The SMILES string of the molecule is CC(C)CCN1CCN(C(=O)CC(c2ccccc2)c2ccccc2)CC1. The van der Waals surface area contributed by atoms with Crippen molar-refractivity contribution in [2.24, 2.45) is 5.92 Å². The summed E-state index contributed by atoms with van der Waals surface area (Å²) in [6.07, 6.45) is 1.78. The van der Waals surface area contributed by atoms with Gasteiger partial charge in [0.2, 0.25) is 5.91 Å². The molecular formula is C24H32N2O. The molecule has 0 aromatic heterocycles. The second-order valence-corrected chi connectivity index (χ2v) is 7.98. The predicted octanol–water partition coefficient (Wildman–Crippen LogP) is 4.40. The van der Waals surface area contributed by atoms with Crippen LogP contribution in [0.4, 0.5) is 0 Å². The van der Waals surface area contributed by atoms with Gasteiger partial charge in [-0.2, -0.15) is 0 Å². The summed E-state index contributed by atoms with van der Waals surface area (Å²) < 4.78 is 0. The molecule has 0 bridgehead atoms. The van der Waals surface area contributed by atoms with E-state index < -0.39 is 0 Å². The summed E-state index contributed by atoms with van der Waals surface area (Å²) in [6.45, 7) is 9.40. The number of amides is 1. The highest BCUT2D eigenvalue weighted by Crippen LogP contribution is 2.28. The van der Waals surface area contributed by atoms with E-state index in [2.05, 4.69) is 72.2 Å². The van der Waals surface area contributed by atoms with Gasteiger partial charge in [0.25, 0.3) is 0 Å². The van der Waals surface area contributed by atoms with Crippen molar-refractivity contribution >= 4 is 5.91 Å². The summed E-state index contributed by atoms with van der Waals surface area (Å²) in [5.74, 6) is 1.14. The van der Waals surface area contributed by atoms with E-state index in [1.54, 1.807) is 0 Å². The molecule has 3 nitrogen and oxygen atoms in total. The first kappa shape index (κ1) is 19.6. The van der Waals surface area contributed by atoms with Gasteiger partial charge in [-0.25, -0.2) is 0 Å². The van der Waals surface area contributed by atoms with Crippen LogP contribution in [0.5, 0.6) is 0 Å². The lowest BCUT2D eigenvalue weighted by Crippen LogP contribution is -2.49. The molecule has 1 saturated heterocycles. The van der Waals surface area contributed by atoms with E-state index in [1.165, 1.54) is 17.5 Å². The molecule has 2 aromatic carbocycles. The third-order valence-electron chi connectivity index (χ3n) is 5.53. The molecule has 0 unspecified atom stereocenters. The van der Waals surface area contributed by atoms with Gasteiger partial charge in [-0.15, -0.1) is 0 Å². The number of carbonyl (C=O) groups excluding carboxylic acids is 1. The Kier molecular flexibility index (Phi) is 7.05. The highest BCUT2D eigenvalue weighted by molar-refractivity contribution is 5.78. The van der Waals surface area contributed by atoms with Crippen LogP contribution in [0.25, 0.3) is 0 Å². The highest BCUT2D eigenvalue weighted by atomic mass is 16.2. The van der Waals surface area contributed by atoms with E-state index >= 15 is 0 Å². The lowest BCUT2D eigenvalue weighted by atomic mass is 9.88. The van der Waals surface area contributed by atoms with Gasteiger partial charge in [-0.05, 0) is 30.0 Å². The molecule has 1 aliphatic rings. The van der Waals surface area contributed by atoms with Crippen molar-refractivity contribution in [3.05, 3.63) is 71.8 Å². The average molecular weight is 365 g/mol. The van der Waals surface area contributed by atoms with Crippen molar-refractivity contribution < 1.29 is 4.79 Å². The molecule has 0 N–H and O–H groups in total. The molecule has 1 fully saturated rings. The number of carbonyl (C=O) groups is 1. The number of hydrogen-bond donors (Lipinski definition) is 0. The third kappa shape index (κ3) is 5.67. The third-order valence-corrected chi connectivity index (χ3v) is 5.53. The first-order valence-electron chi connectivity index (χ1n) is 10.2. The van der Waals surface area contributed by atoms with Crippen LogP contribution < -0.4 is 0 Å². The van der Waals surface area contributed by atoms with Crippen LogP contribution in [0.2, 0.25) is 0 Å². The van der Waals surface area contributed by atoms with Gasteiger partial charge in [0.15, 0.2) is 0 Å². The fourth-order valence-electron chi connectivity index (χ4n) is 3.76. The standard InChI is InChI=1S/C24H32N2O/c1-20(2)13-14-25-15-17-26(18-16-25)24(27)19-23(21-9-5-3-6-10-21)22-11-7-4-8-12-22/h3-12,20,23H,13-19H2,1-2H3. The molecule has 0 saturated carbocycles. The molecule has 0 spiro atoms. The summed E-state index contributed by atoms with van der Waals surface area (Å²) >= 11 is 0. The fourth-order valence-corrected chi connectivity index (χ4v) is 3.76. The first-order chi connectivity index (χ1) is 13.1.